The number of benzene rings is 2. The molecule has 5 nitrogen and oxygen atoms in total. The molecule has 0 aromatic heterocycles. The molecule has 0 radical (unpaired) electrons. The third-order valence-electron chi connectivity index (χ3n) is 4.21. The van der Waals surface area contributed by atoms with Crippen LogP contribution in [0.2, 0.25) is 0 Å². The SMILES string of the molecule is CC(C)(C)c1ccc(OCCCC(=O)NCC(=O)OCc2ccccc2)cc1. The molecule has 2 aromatic rings. The van der Waals surface area contributed by atoms with Gasteiger partial charge in [0.25, 0.3) is 0 Å². The number of ether oxygens (including phenoxy) is 2. The molecule has 0 unspecified atom stereocenters. The molecule has 0 fully saturated rings. The van der Waals surface area contributed by atoms with Crippen LogP contribution in [-0.2, 0) is 26.3 Å². The first-order valence-corrected chi connectivity index (χ1v) is 9.54. The van der Waals surface area contributed by atoms with E-state index in [1.807, 2.05) is 42.5 Å². The highest BCUT2D eigenvalue weighted by Crippen LogP contribution is 2.24. The molecule has 0 saturated heterocycles. The van der Waals surface area contributed by atoms with Crippen molar-refractivity contribution in [3.05, 3.63) is 65.7 Å². The van der Waals surface area contributed by atoms with Crippen molar-refractivity contribution in [2.75, 3.05) is 13.2 Å². The molecule has 1 amide bonds. The maximum absolute atomic E-state index is 11.8. The Morgan fingerprint density at radius 1 is 0.964 bits per heavy atom. The molecular formula is C23H29NO4. The number of carbonyl (C=O) groups is 2. The van der Waals surface area contributed by atoms with Crippen molar-refractivity contribution < 1.29 is 19.1 Å². The smallest absolute Gasteiger partial charge is 0.325 e. The van der Waals surface area contributed by atoms with Gasteiger partial charge in [-0.05, 0) is 35.1 Å². The van der Waals surface area contributed by atoms with E-state index >= 15 is 0 Å². The maximum atomic E-state index is 11.8. The summed E-state index contributed by atoms with van der Waals surface area (Å²) in [5.74, 6) is 0.147. The quantitative estimate of drug-likeness (QED) is 0.525. The fourth-order valence-corrected chi connectivity index (χ4v) is 2.52. The molecule has 0 atom stereocenters. The Morgan fingerprint density at radius 2 is 1.64 bits per heavy atom. The second-order valence-electron chi connectivity index (χ2n) is 7.65. The topological polar surface area (TPSA) is 64.6 Å². The Hall–Kier alpha value is -2.82. The van der Waals surface area contributed by atoms with Gasteiger partial charge in [-0.15, -0.1) is 0 Å². The van der Waals surface area contributed by atoms with E-state index in [4.69, 9.17) is 9.47 Å². The molecule has 5 heteroatoms. The molecule has 0 saturated carbocycles. The first-order valence-electron chi connectivity index (χ1n) is 9.54. The molecule has 0 aliphatic carbocycles. The summed E-state index contributed by atoms with van der Waals surface area (Å²) in [7, 11) is 0. The summed E-state index contributed by atoms with van der Waals surface area (Å²) < 4.78 is 10.8. The van der Waals surface area contributed by atoms with E-state index in [-0.39, 0.29) is 24.5 Å². The number of hydrogen-bond acceptors (Lipinski definition) is 4. The number of nitrogens with one attached hydrogen (secondary N) is 1. The van der Waals surface area contributed by atoms with Gasteiger partial charge in [-0.3, -0.25) is 9.59 Å². The van der Waals surface area contributed by atoms with Crippen molar-refractivity contribution >= 4 is 11.9 Å². The number of carbonyl (C=O) groups excluding carboxylic acids is 2. The number of amides is 1. The van der Waals surface area contributed by atoms with Crippen LogP contribution in [0.25, 0.3) is 0 Å². The van der Waals surface area contributed by atoms with Crippen LogP contribution in [0.1, 0.15) is 44.7 Å². The summed E-state index contributed by atoms with van der Waals surface area (Å²) in [6.07, 6.45) is 0.873. The lowest BCUT2D eigenvalue weighted by Crippen LogP contribution is -2.30. The number of esters is 1. The van der Waals surface area contributed by atoms with Crippen LogP contribution in [0.4, 0.5) is 0 Å². The zero-order valence-electron chi connectivity index (χ0n) is 16.9. The average Bonchev–Trinajstić information content (AvgIpc) is 2.68. The Bertz CT molecular complexity index is 748. The van der Waals surface area contributed by atoms with Gasteiger partial charge in [-0.1, -0.05) is 63.2 Å². The van der Waals surface area contributed by atoms with E-state index in [1.165, 1.54) is 5.56 Å². The molecule has 2 aromatic carbocycles. The van der Waals surface area contributed by atoms with Gasteiger partial charge in [0.15, 0.2) is 0 Å². The van der Waals surface area contributed by atoms with Gasteiger partial charge < -0.3 is 14.8 Å². The summed E-state index contributed by atoms with van der Waals surface area (Å²) in [4.78, 5) is 23.5. The lowest BCUT2D eigenvalue weighted by Gasteiger charge is -2.19. The van der Waals surface area contributed by atoms with Crippen molar-refractivity contribution in [2.24, 2.45) is 0 Å². The van der Waals surface area contributed by atoms with Crippen LogP contribution >= 0.6 is 0 Å². The highest BCUT2D eigenvalue weighted by atomic mass is 16.5. The Labute approximate surface area is 167 Å². The van der Waals surface area contributed by atoms with Crippen molar-refractivity contribution in [3.63, 3.8) is 0 Å². The van der Waals surface area contributed by atoms with Gasteiger partial charge >= 0.3 is 5.97 Å². The van der Waals surface area contributed by atoms with Crippen molar-refractivity contribution in [3.8, 4) is 5.75 Å². The fraction of sp³-hybridized carbons (Fsp3) is 0.391. The Kier molecular flexibility index (Phi) is 8.05. The van der Waals surface area contributed by atoms with E-state index in [0.29, 0.717) is 19.4 Å². The molecular weight excluding hydrogens is 354 g/mol. The van der Waals surface area contributed by atoms with Crippen LogP contribution in [0.3, 0.4) is 0 Å². The minimum absolute atomic E-state index is 0.110. The number of hydrogen-bond donors (Lipinski definition) is 1. The van der Waals surface area contributed by atoms with Gasteiger partial charge in [-0.25, -0.2) is 0 Å². The molecule has 150 valence electrons. The second kappa shape index (κ2) is 10.5. The van der Waals surface area contributed by atoms with E-state index in [9.17, 15) is 9.59 Å². The highest BCUT2D eigenvalue weighted by molar-refractivity contribution is 5.81. The molecule has 0 aliphatic heterocycles. The molecule has 28 heavy (non-hydrogen) atoms. The van der Waals surface area contributed by atoms with Crippen molar-refractivity contribution in [1.82, 2.24) is 5.32 Å². The summed E-state index contributed by atoms with van der Waals surface area (Å²) in [5, 5.41) is 2.57. The second-order valence-corrected chi connectivity index (χ2v) is 7.65. The standard InChI is InChI=1S/C23H29NO4/c1-23(2,3)19-11-13-20(14-12-19)27-15-7-10-21(25)24-16-22(26)28-17-18-8-5-4-6-9-18/h4-6,8-9,11-14H,7,10,15-17H2,1-3H3,(H,24,25). The summed E-state index contributed by atoms with van der Waals surface area (Å²) >= 11 is 0. The molecule has 0 heterocycles. The van der Waals surface area contributed by atoms with Gasteiger partial charge in [0, 0.05) is 6.42 Å². The van der Waals surface area contributed by atoms with E-state index in [2.05, 4.69) is 38.2 Å². The Morgan fingerprint density at radius 3 is 2.29 bits per heavy atom. The first-order chi connectivity index (χ1) is 13.3. The predicted molar refractivity (Wildman–Crippen MR) is 109 cm³/mol. The minimum Gasteiger partial charge on any atom is -0.494 e. The first kappa shape index (κ1) is 21.5. The average molecular weight is 383 g/mol. The molecule has 0 bridgehead atoms. The highest BCUT2D eigenvalue weighted by Gasteiger charge is 2.13. The van der Waals surface area contributed by atoms with Crippen molar-refractivity contribution in [1.29, 1.82) is 0 Å². The largest absolute Gasteiger partial charge is 0.494 e. The van der Waals surface area contributed by atoms with Crippen LogP contribution in [0.5, 0.6) is 5.75 Å². The predicted octanol–water partition coefficient (Wildman–Crippen LogP) is 4.00. The zero-order chi connectivity index (χ0) is 20.4. The van der Waals surface area contributed by atoms with Gasteiger partial charge in [0.05, 0.1) is 6.61 Å². The fourth-order valence-electron chi connectivity index (χ4n) is 2.52. The zero-order valence-corrected chi connectivity index (χ0v) is 16.9. The van der Waals surface area contributed by atoms with Gasteiger partial charge in [0.2, 0.25) is 5.91 Å². The minimum atomic E-state index is -0.451. The molecule has 2 rings (SSSR count). The van der Waals surface area contributed by atoms with Crippen LogP contribution in [0, 0.1) is 0 Å². The van der Waals surface area contributed by atoms with Gasteiger partial charge in [-0.2, -0.15) is 0 Å². The van der Waals surface area contributed by atoms with Crippen LogP contribution < -0.4 is 10.1 Å². The third-order valence-corrected chi connectivity index (χ3v) is 4.21. The summed E-state index contributed by atoms with van der Waals surface area (Å²) in [6, 6.07) is 17.4. The van der Waals surface area contributed by atoms with E-state index in [0.717, 1.165) is 11.3 Å². The lowest BCUT2D eigenvalue weighted by atomic mass is 9.87. The van der Waals surface area contributed by atoms with Crippen LogP contribution in [-0.4, -0.2) is 25.0 Å². The van der Waals surface area contributed by atoms with Gasteiger partial charge in [0.1, 0.15) is 18.9 Å². The normalized spacial score (nSPS) is 11.0. The number of rotatable bonds is 9. The molecule has 0 aliphatic rings. The summed E-state index contributed by atoms with van der Waals surface area (Å²) in [5.41, 5.74) is 2.27. The Balaban J connectivity index is 1.58. The maximum Gasteiger partial charge on any atom is 0.325 e. The molecule has 0 spiro atoms. The molecule has 1 N–H and O–H groups in total. The van der Waals surface area contributed by atoms with Crippen LogP contribution in [0.15, 0.2) is 54.6 Å². The third kappa shape index (κ3) is 7.82. The van der Waals surface area contributed by atoms with E-state index < -0.39 is 5.97 Å². The van der Waals surface area contributed by atoms with Crippen molar-refractivity contribution in [2.45, 2.75) is 45.6 Å². The summed E-state index contributed by atoms with van der Waals surface area (Å²) in [6.45, 7) is 7.02. The lowest BCUT2D eigenvalue weighted by molar-refractivity contribution is -0.145. The monoisotopic (exact) mass is 383 g/mol. The van der Waals surface area contributed by atoms with E-state index in [1.54, 1.807) is 0 Å².